The van der Waals surface area contributed by atoms with Crippen molar-refractivity contribution in [3.8, 4) is 11.3 Å². The summed E-state index contributed by atoms with van der Waals surface area (Å²) in [6, 6.07) is 18.2. The highest BCUT2D eigenvalue weighted by Gasteiger charge is 2.40. The van der Waals surface area contributed by atoms with Gasteiger partial charge in [0.15, 0.2) is 0 Å². The zero-order chi connectivity index (χ0) is 22.8. The van der Waals surface area contributed by atoms with Gasteiger partial charge in [-0.15, -0.1) is 0 Å². The molecule has 6 heteroatoms. The second kappa shape index (κ2) is 7.07. The zero-order valence-corrected chi connectivity index (χ0v) is 19.0. The van der Waals surface area contributed by atoms with E-state index in [1.807, 2.05) is 49.4 Å². The molecule has 1 unspecified atom stereocenters. The number of benzene rings is 2. The molecule has 2 aromatic heterocycles. The highest BCUT2D eigenvalue weighted by atomic mass is 16.5. The maximum Gasteiger partial charge on any atom is 0.331 e. The summed E-state index contributed by atoms with van der Waals surface area (Å²) in [5.74, 6) is 0. The Balaban J connectivity index is 2.02. The summed E-state index contributed by atoms with van der Waals surface area (Å²) in [5, 5.41) is 0.549. The fraction of sp³-hybridized carbons (Fsp3) is 0.308. The van der Waals surface area contributed by atoms with Crippen molar-refractivity contribution in [1.82, 2.24) is 13.7 Å². The molecule has 0 N–H and O–H groups in total. The predicted octanol–water partition coefficient (Wildman–Crippen LogP) is 3.87. The van der Waals surface area contributed by atoms with E-state index in [2.05, 4.69) is 30.5 Å². The lowest BCUT2D eigenvalue weighted by molar-refractivity contribution is -0.00707. The van der Waals surface area contributed by atoms with Crippen molar-refractivity contribution in [3.05, 3.63) is 92.3 Å². The second-order valence-electron chi connectivity index (χ2n) is 9.28. The Morgan fingerprint density at radius 1 is 0.938 bits per heavy atom. The van der Waals surface area contributed by atoms with Gasteiger partial charge in [-0.05, 0) is 31.9 Å². The molecule has 0 saturated heterocycles. The minimum atomic E-state index is -0.416. The largest absolute Gasteiger partial charge is 0.365 e. The Morgan fingerprint density at radius 2 is 1.59 bits per heavy atom. The van der Waals surface area contributed by atoms with Gasteiger partial charge in [-0.2, -0.15) is 0 Å². The number of fused-ring (bicyclic) bond motifs is 3. The summed E-state index contributed by atoms with van der Waals surface area (Å²) in [7, 11) is 3.27. The van der Waals surface area contributed by atoms with Gasteiger partial charge in [0.2, 0.25) is 0 Å². The van der Waals surface area contributed by atoms with Crippen molar-refractivity contribution < 1.29 is 4.74 Å². The monoisotopic (exact) mass is 429 g/mol. The van der Waals surface area contributed by atoms with Gasteiger partial charge in [0, 0.05) is 14.1 Å². The van der Waals surface area contributed by atoms with Crippen LogP contribution in [0, 0.1) is 6.92 Å². The second-order valence-corrected chi connectivity index (χ2v) is 9.28. The Morgan fingerprint density at radius 3 is 2.25 bits per heavy atom. The predicted molar refractivity (Wildman–Crippen MR) is 126 cm³/mol. The van der Waals surface area contributed by atoms with E-state index in [1.54, 1.807) is 11.6 Å². The zero-order valence-electron chi connectivity index (χ0n) is 19.0. The van der Waals surface area contributed by atoms with Crippen LogP contribution in [-0.2, 0) is 24.4 Å². The molecule has 1 aliphatic heterocycles. The minimum absolute atomic E-state index is 0.289. The summed E-state index contributed by atoms with van der Waals surface area (Å²) in [6.45, 7) is 6.74. The lowest BCUT2D eigenvalue weighted by Gasteiger charge is -2.39. The molecular formula is C26H27N3O3. The van der Waals surface area contributed by atoms with E-state index < -0.39 is 5.54 Å². The van der Waals surface area contributed by atoms with E-state index in [-0.39, 0.29) is 17.4 Å². The normalized spacial score (nSPS) is 17.5. The lowest BCUT2D eigenvalue weighted by atomic mass is 9.98. The molecule has 3 heterocycles. The maximum absolute atomic E-state index is 13.5. The van der Waals surface area contributed by atoms with E-state index in [9.17, 15) is 9.59 Å². The van der Waals surface area contributed by atoms with Crippen LogP contribution in [0.2, 0.25) is 0 Å². The third-order valence-corrected chi connectivity index (χ3v) is 6.49. The lowest BCUT2D eigenvalue weighted by Crippen LogP contribution is -2.40. The van der Waals surface area contributed by atoms with Crippen LogP contribution in [0.1, 0.15) is 36.8 Å². The number of ether oxygens (including phenoxy) is 1. The van der Waals surface area contributed by atoms with Gasteiger partial charge in [0.05, 0.1) is 34.4 Å². The first-order valence-corrected chi connectivity index (χ1v) is 10.8. The summed E-state index contributed by atoms with van der Waals surface area (Å²) in [6.07, 6.45) is -0.386. The molecule has 4 aromatic rings. The van der Waals surface area contributed by atoms with E-state index in [1.165, 1.54) is 11.6 Å². The number of aromatic nitrogens is 3. The molecule has 0 fully saturated rings. The summed E-state index contributed by atoms with van der Waals surface area (Å²) in [5.41, 5.74) is 4.35. The smallest absolute Gasteiger partial charge is 0.331 e. The molecule has 0 saturated carbocycles. The van der Waals surface area contributed by atoms with Gasteiger partial charge in [-0.25, -0.2) is 4.79 Å². The van der Waals surface area contributed by atoms with E-state index in [4.69, 9.17) is 4.74 Å². The quantitative estimate of drug-likeness (QED) is 0.486. The van der Waals surface area contributed by atoms with Gasteiger partial charge >= 0.3 is 5.69 Å². The number of nitrogens with zero attached hydrogens (tertiary/aromatic N) is 3. The molecule has 5 rings (SSSR count). The van der Waals surface area contributed by atoms with Crippen molar-refractivity contribution in [2.75, 3.05) is 6.61 Å². The van der Waals surface area contributed by atoms with Crippen LogP contribution >= 0.6 is 0 Å². The number of hydrogen-bond acceptors (Lipinski definition) is 3. The summed E-state index contributed by atoms with van der Waals surface area (Å²) < 4.78 is 11.4. The fourth-order valence-corrected chi connectivity index (χ4v) is 4.86. The minimum Gasteiger partial charge on any atom is -0.365 e. The van der Waals surface area contributed by atoms with Crippen molar-refractivity contribution in [2.24, 2.45) is 14.1 Å². The topological polar surface area (TPSA) is 58.2 Å². The first-order valence-electron chi connectivity index (χ1n) is 10.8. The fourth-order valence-electron chi connectivity index (χ4n) is 4.86. The molecule has 2 aromatic carbocycles. The van der Waals surface area contributed by atoms with Crippen molar-refractivity contribution >= 4 is 10.9 Å². The van der Waals surface area contributed by atoms with E-state index in [0.717, 1.165) is 28.1 Å². The van der Waals surface area contributed by atoms with E-state index >= 15 is 0 Å². The van der Waals surface area contributed by atoms with Crippen LogP contribution in [0.4, 0.5) is 0 Å². The van der Waals surface area contributed by atoms with Gasteiger partial charge in [-0.3, -0.25) is 13.9 Å². The molecule has 0 aliphatic carbocycles. The van der Waals surface area contributed by atoms with E-state index in [0.29, 0.717) is 17.5 Å². The van der Waals surface area contributed by atoms with Crippen LogP contribution in [-0.4, -0.2) is 20.3 Å². The van der Waals surface area contributed by atoms with Crippen LogP contribution in [0.3, 0.4) is 0 Å². The molecule has 6 nitrogen and oxygen atoms in total. The molecule has 0 bridgehead atoms. The third kappa shape index (κ3) is 2.83. The molecule has 0 radical (unpaired) electrons. The van der Waals surface area contributed by atoms with Crippen LogP contribution in [0.15, 0.2) is 64.2 Å². The first kappa shape index (κ1) is 20.5. The van der Waals surface area contributed by atoms with Crippen molar-refractivity contribution in [2.45, 2.75) is 32.4 Å². The highest BCUT2D eigenvalue weighted by Crippen LogP contribution is 2.45. The molecule has 0 spiro atoms. The molecule has 0 amide bonds. The summed E-state index contributed by atoms with van der Waals surface area (Å²) >= 11 is 0. The Hall–Kier alpha value is -3.38. The standard InChI is InChI=1S/C26H27N3O3/c1-16-11-13-17(14-12-16)20-19-21(27(4)25(31)28(5)24(19)30)22-23(18-9-7-6-8-10-18)32-15-26(2,3)29(20)22/h6-14,23H,15H2,1-5H3. The average Bonchev–Trinajstić information content (AvgIpc) is 3.15. The van der Waals surface area contributed by atoms with Crippen LogP contribution in [0.5, 0.6) is 0 Å². The van der Waals surface area contributed by atoms with Gasteiger partial charge in [-0.1, -0.05) is 60.2 Å². The Labute approximate surface area is 186 Å². The van der Waals surface area contributed by atoms with Crippen LogP contribution in [0.25, 0.3) is 22.2 Å². The summed E-state index contributed by atoms with van der Waals surface area (Å²) in [4.78, 5) is 26.5. The molecule has 32 heavy (non-hydrogen) atoms. The van der Waals surface area contributed by atoms with Crippen LogP contribution < -0.4 is 11.2 Å². The number of rotatable bonds is 2. The molecular weight excluding hydrogens is 402 g/mol. The SMILES string of the molecule is Cc1ccc(-c2c3c(=O)n(C)c(=O)n(C)c3c3n2C(C)(C)COC3c2ccccc2)cc1. The first-order chi connectivity index (χ1) is 15.2. The molecule has 1 aliphatic rings. The average molecular weight is 430 g/mol. The highest BCUT2D eigenvalue weighted by molar-refractivity contribution is 5.96. The maximum atomic E-state index is 13.5. The van der Waals surface area contributed by atoms with Gasteiger partial charge in [0.25, 0.3) is 5.56 Å². The van der Waals surface area contributed by atoms with Gasteiger partial charge in [0.1, 0.15) is 6.10 Å². The Bertz CT molecular complexity index is 1460. The van der Waals surface area contributed by atoms with Gasteiger partial charge < -0.3 is 9.30 Å². The third-order valence-electron chi connectivity index (χ3n) is 6.49. The molecule has 1 atom stereocenters. The number of aryl methyl sites for hydroxylation is 2. The van der Waals surface area contributed by atoms with Crippen molar-refractivity contribution in [1.29, 1.82) is 0 Å². The van der Waals surface area contributed by atoms with Crippen molar-refractivity contribution in [3.63, 3.8) is 0 Å². The number of hydrogen-bond donors (Lipinski definition) is 0. The molecule has 164 valence electrons. The Kier molecular flexibility index (Phi) is 4.53.